The van der Waals surface area contributed by atoms with Gasteiger partial charge in [-0.25, -0.2) is 0 Å². The van der Waals surface area contributed by atoms with Crippen molar-refractivity contribution in [3.8, 4) is 11.8 Å². The summed E-state index contributed by atoms with van der Waals surface area (Å²) in [6.07, 6.45) is -2.31. The van der Waals surface area contributed by atoms with Gasteiger partial charge < -0.3 is 4.74 Å². The SMILES string of the molecule is CC1CCC(C#N)C(Oc2cccc(C(F)(F)F)c2)C1. The molecule has 108 valence electrons. The maximum absolute atomic E-state index is 12.6. The van der Waals surface area contributed by atoms with Gasteiger partial charge in [0.1, 0.15) is 11.9 Å². The number of hydrogen-bond acceptors (Lipinski definition) is 2. The second kappa shape index (κ2) is 5.74. The van der Waals surface area contributed by atoms with Crippen molar-refractivity contribution in [2.24, 2.45) is 11.8 Å². The van der Waals surface area contributed by atoms with Gasteiger partial charge in [-0.05, 0) is 43.4 Å². The summed E-state index contributed by atoms with van der Waals surface area (Å²) >= 11 is 0. The smallest absolute Gasteiger partial charge is 0.416 e. The molecule has 1 aromatic carbocycles. The van der Waals surface area contributed by atoms with Gasteiger partial charge in [-0.3, -0.25) is 0 Å². The maximum Gasteiger partial charge on any atom is 0.416 e. The number of hydrogen-bond donors (Lipinski definition) is 0. The van der Waals surface area contributed by atoms with Crippen LogP contribution in [0.2, 0.25) is 0 Å². The van der Waals surface area contributed by atoms with Gasteiger partial charge in [0.05, 0.1) is 17.6 Å². The molecule has 3 unspecified atom stereocenters. The molecule has 0 heterocycles. The topological polar surface area (TPSA) is 33.0 Å². The summed E-state index contributed by atoms with van der Waals surface area (Å²) in [6.45, 7) is 2.07. The van der Waals surface area contributed by atoms with Gasteiger partial charge in [-0.2, -0.15) is 18.4 Å². The molecule has 1 fully saturated rings. The first-order valence-electron chi connectivity index (χ1n) is 6.63. The third kappa shape index (κ3) is 3.44. The number of benzene rings is 1. The summed E-state index contributed by atoms with van der Waals surface area (Å²) in [5.74, 6) is 0.357. The normalized spacial score (nSPS) is 26.9. The van der Waals surface area contributed by atoms with Crippen molar-refractivity contribution in [1.29, 1.82) is 5.26 Å². The van der Waals surface area contributed by atoms with E-state index in [-0.39, 0.29) is 17.8 Å². The second-order valence-electron chi connectivity index (χ2n) is 5.34. The van der Waals surface area contributed by atoms with Crippen LogP contribution in [-0.4, -0.2) is 6.10 Å². The number of ether oxygens (including phenoxy) is 1. The monoisotopic (exact) mass is 283 g/mol. The summed E-state index contributed by atoms with van der Waals surface area (Å²) in [6, 6.07) is 7.03. The first-order valence-corrected chi connectivity index (χ1v) is 6.63. The maximum atomic E-state index is 12.6. The van der Waals surface area contributed by atoms with Crippen molar-refractivity contribution in [1.82, 2.24) is 0 Å². The predicted molar refractivity (Wildman–Crippen MR) is 68.0 cm³/mol. The Balaban J connectivity index is 2.14. The quantitative estimate of drug-likeness (QED) is 0.805. The van der Waals surface area contributed by atoms with Crippen LogP contribution in [0.15, 0.2) is 24.3 Å². The Hall–Kier alpha value is -1.70. The van der Waals surface area contributed by atoms with E-state index in [1.807, 2.05) is 0 Å². The summed E-state index contributed by atoms with van der Waals surface area (Å²) < 4.78 is 43.6. The van der Waals surface area contributed by atoms with E-state index in [4.69, 9.17) is 10.00 Å². The van der Waals surface area contributed by atoms with Crippen molar-refractivity contribution >= 4 is 0 Å². The number of alkyl halides is 3. The molecule has 0 saturated heterocycles. The summed E-state index contributed by atoms with van der Waals surface area (Å²) in [4.78, 5) is 0. The van der Waals surface area contributed by atoms with Crippen LogP contribution in [-0.2, 0) is 6.18 Å². The lowest BCUT2D eigenvalue weighted by Crippen LogP contribution is -2.32. The van der Waals surface area contributed by atoms with Crippen molar-refractivity contribution in [2.45, 2.75) is 38.5 Å². The molecule has 1 aromatic rings. The molecule has 0 bridgehead atoms. The van der Waals surface area contributed by atoms with Gasteiger partial charge in [-0.15, -0.1) is 0 Å². The standard InChI is InChI=1S/C15H16F3NO/c1-10-5-6-11(9-19)14(7-10)20-13-4-2-3-12(8-13)15(16,17)18/h2-4,8,10-11,14H,5-7H2,1H3. The van der Waals surface area contributed by atoms with Gasteiger partial charge in [0.15, 0.2) is 0 Å². The first-order chi connectivity index (χ1) is 9.40. The minimum Gasteiger partial charge on any atom is -0.489 e. The van der Waals surface area contributed by atoms with E-state index in [0.717, 1.165) is 25.0 Å². The van der Waals surface area contributed by atoms with Gasteiger partial charge in [0.2, 0.25) is 0 Å². The van der Waals surface area contributed by atoms with Gasteiger partial charge >= 0.3 is 6.18 Å². The van der Waals surface area contributed by atoms with Crippen molar-refractivity contribution in [3.05, 3.63) is 29.8 Å². The van der Waals surface area contributed by atoms with Crippen LogP contribution in [0.5, 0.6) is 5.75 Å². The van der Waals surface area contributed by atoms with Gasteiger partial charge in [0.25, 0.3) is 0 Å². The molecule has 0 amide bonds. The molecule has 1 aliphatic carbocycles. The van der Waals surface area contributed by atoms with E-state index < -0.39 is 11.7 Å². The van der Waals surface area contributed by atoms with E-state index in [0.29, 0.717) is 12.3 Å². The first kappa shape index (κ1) is 14.7. The van der Waals surface area contributed by atoms with Crippen LogP contribution < -0.4 is 4.74 Å². The summed E-state index contributed by atoms with van der Waals surface area (Å²) in [5.41, 5.74) is -0.729. The molecule has 0 N–H and O–H groups in total. The van der Waals surface area contributed by atoms with Crippen molar-refractivity contribution in [2.75, 3.05) is 0 Å². The van der Waals surface area contributed by atoms with E-state index in [9.17, 15) is 13.2 Å². The molecular weight excluding hydrogens is 267 g/mol. The lowest BCUT2D eigenvalue weighted by Gasteiger charge is -2.31. The van der Waals surface area contributed by atoms with Crippen LogP contribution in [0, 0.1) is 23.2 Å². The fraction of sp³-hybridized carbons (Fsp3) is 0.533. The average molecular weight is 283 g/mol. The van der Waals surface area contributed by atoms with Crippen LogP contribution >= 0.6 is 0 Å². The number of nitriles is 1. The molecule has 0 spiro atoms. The zero-order chi connectivity index (χ0) is 14.8. The molecule has 2 rings (SSSR count). The molecule has 2 nitrogen and oxygen atoms in total. The van der Waals surface area contributed by atoms with Crippen molar-refractivity contribution in [3.63, 3.8) is 0 Å². The largest absolute Gasteiger partial charge is 0.489 e. The Kier molecular flexibility index (Phi) is 4.22. The van der Waals surface area contributed by atoms with Crippen LogP contribution in [0.4, 0.5) is 13.2 Å². The zero-order valence-corrected chi connectivity index (χ0v) is 11.2. The molecule has 20 heavy (non-hydrogen) atoms. The van der Waals surface area contributed by atoms with E-state index in [2.05, 4.69) is 13.0 Å². The Bertz CT molecular complexity index is 507. The van der Waals surface area contributed by atoms with E-state index in [1.165, 1.54) is 12.1 Å². The predicted octanol–water partition coefficient (Wildman–Crippen LogP) is 4.41. The third-order valence-corrected chi connectivity index (χ3v) is 3.67. The van der Waals surface area contributed by atoms with E-state index in [1.54, 1.807) is 0 Å². The van der Waals surface area contributed by atoms with Gasteiger partial charge in [-0.1, -0.05) is 13.0 Å². The molecule has 5 heteroatoms. The van der Waals surface area contributed by atoms with Crippen molar-refractivity contribution < 1.29 is 17.9 Å². The molecule has 0 aromatic heterocycles. The van der Waals surface area contributed by atoms with E-state index >= 15 is 0 Å². The summed E-state index contributed by atoms with van der Waals surface area (Å²) in [5, 5.41) is 9.10. The highest BCUT2D eigenvalue weighted by Crippen LogP contribution is 2.34. The minimum absolute atomic E-state index is 0.180. The molecule has 1 aliphatic rings. The van der Waals surface area contributed by atoms with Crippen LogP contribution in [0.1, 0.15) is 31.7 Å². The molecule has 3 atom stereocenters. The highest BCUT2D eigenvalue weighted by atomic mass is 19.4. The highest BCUT2D eigenvalue weighted by Gasteiger charge is 2.33. The molecule has 0 radical (unpaired) electrons. The second-order valence-corrected chi connectivity index (χ2v) is 5.34. The minimum atomic E-state index is -4.38. The number of rotatable bonds is 2. The zero-order valence-electron chi connectivity index (χ0n) is 11.2. The molecule has 0 aliphatic heterocycles. The highest BCUT2D eigenvalue weighted by molar-refractivity contribution is 5.30. The third-order valence-electron chi connectivity index (χ3n) is 3.67. The fourth-order valence-corrected chi connectivity index (χ4v) is 2.53. The lowest BCUT2D eigenvalue weighted by molar-refractivity contribution is -0.137. The summed E-state index contributed by atoms with van der Waals surface area (Å²) in [7, 11) is 0. The number of nitrogens with zero attached hydrogens (tertiary/aromatic N) is 1. The lowest BCUT2D eigenvalue weighted by atomic mass is 9.81. The Morgan fingerprint density at radius 1 is 1.30 bits per heavy atom. The fourth-order valence-electron chi connectivity index (χ4n) is 2.53. The van der Waals surface area contributed by atoms with Crippen LogP contribution in [0.25, 0.3) is 0 Å². The average Bonchev–Trinajstić information content (AvgIpc) is 2.38. The Morgan fingerprint density at radius 2 is 2.05 bits per heavy atom. The molecule has 1 saturated carbocycles. The van der Waals surface area contributed by atoms with Crippen LogP contribution in [0.3, 0.4) is 0 Å². The molecular formula is C15H16F3NO. The Labute approximate surface area is 116 Å². The Morgan fingerprint density at radius 3 is 2.70 bits per heavy atom. The number of halogens is 3. The van der Waals surface area contributed by atoms with Gasteiger partial charge in [0, 0.05) is 0 Å².